The monoisotopic (exact) mass is 807 g/mol. The minimum Gasteiger partial charge on any atom is -0.461 e. The second-order valence-electron chi connectivity index (χ2n) is 8.19. The number of hydrogen-bond acceptors (Lipinski definition) is 10. The van der Waals surface area contributed by atoms with E-state index in [0.717, 1.165) is 20.3 Å². The van der Waals surface area contributed by atoms with Crippen molar-refractivity contribution in [2.75, 3.05) is 18.9 Å². The molecule has 0 amide bonds. The molecule has 0 spiro atoms. The number of nitrogen functional groups attached to an aromatic ring is 1. The first kappa shape index (κ1) is 35.5. The van der Waals surface area contributed by atoms with E-state index in [-0.39, 0.29) is 18.0 Å². The summed E-state index contributed by atoms with van der Waals surface area (Å²) < 4.78 is 24.3. The molecule has 5 aromatic rings. The number of rotatable bonds is 6. The lowest BCUT2D eigenvalue weighted by Gasteiger charge is -2.03. The molecular formula is C26H23Br2Cl3N7O5P. The predicted molar refractivity (Wildman–Crippen MR) is 177 cm³/mol. The van der Waals surface area contributed by atoms with Crippen LogP contribution in [0.4, 0.5) is 5.82 Å². The molecule has 0 aliphatic heterocycles. The zero-order chi connectivity index (χ0) is 32.4. The van der Waals surface area contributed by atoms with Crippen LogP contribution in [0, 0.1) is 0 Å². The van der Waals surface area contributed by atoms with Crippen LogP contribution in [0.25, 0.3) is 22.4 Å². The van der Waals surface area contributed by atoms with E-state index in [1.807, 2.05) is 48.5 Å². The van der Waals surface area contributed by atoms with Gasteiger partial charge in [0.25, 0.3) is 0 Å². The number of anilines is 1. The van der Waals surface area contributed by atoms with Crippen LogP contribution in [0.15, 0.2) is 76.1 Å². The summed E-state index contributed by atoms with van der Waals surface area (Å²) in [5, 5.41) is 5.82. The van der Waals surface area contributed by atoms with Gasteiger partial charge in [-0.15, -0.1) is 0 Å². The Morgan fingerprint density at radius 3 is 1.98 bits per heavy atom. The zero-order valence-corrected chi connectivity index (χ0v) is 29.2. The van der Waals surface area contributed by atoms with Gasteiger partial charge in [-0.1, -0.05) is 44.0 Å². The van der Waals surface area contributed by atoms with Gasteiger partial charge in [0, 0.05) is 21.2 Å². The summed E-state index contributed by atoms with van der Waals surface area (Å²) in [5.41, 5.74) is 8.38. The Kier molecular flexibility index (Phi) is 13.2. The lowest BCUT2D eigenvalue weighted by molar-refractivity contribution is 0.0510. The Balaban J connectivity index is 0.000000211. The molecule has 0 atom stereocenters. The van der Waals surface area contributed by atoms with Gasteiger partial charge >= 0.3 is 17.1 Å². The molecule has 0 unspecified atom stereocenters. The first-order valence-electron chi connectivity index (χ1n) is 12.4. The van der Waals surface area contributed by atoms with Gasteiger partial charge in [-0.2, -0.15) is 10.2 Å². The highest BCUT2D eigenvalue weighted by Gasteiger charge is 2.20. The fraction of sp³-hybridized carbons (Fsp3) is 0.154. The van der Waals surface area contributed by atoms with Gasteiger partial charge in [-0.3, -0.25) is 4.57 Å². The van der Waals surface area contributed by atoms with E-state index in [4.69, 9.17) is 15.2 Å². The van der Waals surface area contributed by atoms with Crippen LogP contribution in [0.1, 0.15) is 34.8 Å². The minimum atomic E-state index is -3.22. The number of carbonyl (C=O) groups excluding carboxylic acids is 2. The number of esters is 2. The Morgan fingerprint density at radius 2 is 1.43 bits per heavy atom. The Bertz CT molecular complexity index is 1810. The predicted octanol–water partition coefficient (Wildman–Crippen LogP) is 7.96. The van der Waals surface area contributed by atoms with Gasteiger partial charge in [0.1, 0.15) is 12.1 Å². The van der Waals surface area contributed by atoms with Crippen molar-refractivity contribution in [3.8, 4) is 11.4 Å². The standard InChI is InChI=1S/C14H11BrN4O2.C12H12BrN3O2.Cl3OP/c1-2-21-14(20)12-11-7-16-8-17-13(11)19(18-12)10-5-3-4-9(15)6-10;1-2-18-12(17)10-7-11(14)16(15-10)9-5-3-4-8(13)6-9;1-5(2,3)4/h3-8H,2H2,1H3;3-7H,2,14H2,1H3;. The summed E-state index contributed by atoms with van der Waals surface area (Å²) in [5.74, 6) is -0.569. The first-order valence-corrected chi connectivity index (χ1v) is 18.4. The Morgan fingerprint density at radius 1 is 0.886 bits per heavy atom. The highest BCUT2D eigenvalue weighted by Crippen LogP contribution is 2.61. The summed E-state index contributed by atoms with van der Waals surface area (Å²) in [6.45, 7) is 4.09. The Labute approximate surface area is 282 Å². The van der Waals surface area contributed by atoms with E-state index in [1.165, 1.54) is 17.1 Å². The number of benzene rings is 2. The molecule has 12 nitrogen and oxygen atoms in total. The second-order valence-corrected chi connectivity index (χ2v) is 16.7. The van der Waals surface area contributed by atoms with Crippen molar-refractivity contribution in [3.63, 3.8) is 0 Å². The van der Waals surface area contributed by atoms with Gasteiger partial charge in [-0.25, -0.2) is 28.9 Å². The van der Waals surface area contributed by atoms with Gasteiger partial charge in [-0.05, 0) is 84.0 Å². The summed E-state index contributed by atoms with van der Waals surface area (Å²) in [6, 6.07) is 16.5. The van der Waals surface area contributed by atoms with Crippen molar-refractivity contribution >= 4 is 99.6 Å². The molecule has 0 saturated carbocycles. The third kappa shape index (κ3) is 10.3. The van der Waals surface area contributed by atoms with Crippen molar-refractivity contribution in [1.82, 2.24) is 29.5 Å². The summed E-state index contributed by atoms with van der Waals surface area (Å²) >= 11 is 20.6. The fourth-order valence-corrected chi connectivity index (χ4v) is 4.29. The smallest absolute Gasteiger partial charge is 0.359 e. The third-order valence-electron chi connectivity index (χ3n) is 5.14. The molecule has 3 aromatic heterocycles. The van der Waals surface area contributed by atoms with Gasteiger partial charge in [0.05, 0.1) is 30.0 Å². The molecule has 0 aliphatic rings. The van der Waals surface area contributed by atoms with Crippen molar-refractivity contribution in [3.05, 3.63) is 87.5 Å². The average molecular weight is 811 g/mol. The van der Waals surface area contributed by atoms with Gasteiger partial charge < -0.3 is 15.2 Å². The van der Waals surface area contributed by atoms with Crippen molar-refractivity contribution in [2.24, 2.45) is 0 Å². The molecule has 0 saturated heterocycles. The molecule has 0 radical (unpaired) electrons. The maximum Gasteiger partial charge on any atom is 0.359 e. The fourth-order valence-electron chi connectivity index (χ4n) is 3.51. The number of ether oxygens (including phenoxy) is 2. The number of aromatic nitrogens is 6. The highest BCUT2D eigenvalue weighted by molar-refractivity contribution is 9.10. The van der Waals surface area contributed by atoms with Crippen LogP contribution in [0.5, 0.6) is 0 Å². The number of halogens is 5. The molecule has 232 valence electrons. The van der Waals surface area contributed by atoms with Crippen LogP contribution in [0.2, 0.25) is 0 Å². The van der Waals surface area contributed by atoms with E-state index in [1.54, 1.807) is 24.7 Å². The Hall–Kier alpha value is -3.00. The van der Waals surface area contributed by atoms with Crippen molar-refractivity contribution in [1.29, 1.82) is 0 Å². The minimum absolute atomic E-state index is 0.203. The van der Waals surface area contributed by atoms with E-state index >= 15 is 0 Å². The van der Waals surface area contributed by atoms with E-state index in [2.05, 4.69) is 85.7 Å². The largest absolute Gasteiger partial charge is 0.461 e. The summed E-state index contributed by atoms with van der Waals surface area (Å²) in [6.07, 6.45) is 2.99. The summed E-state index contributed by atoms with van der Waals surface area (Å²) in [4.78, 5) is 31.7. The van der Waals surface area contributed by atoms with Crippen LogP contribution >= 0.6 is 70.8 Å². The topological polar surface area (TPSA) is 157 Å². The molecule has 0 fully saturated rings. The van der Waals surface area contributed by atoms with E-state index < -0.39 is 17.1 Å². The van der Waals surface area contributed by atoms with Crippen molar-refractivity contribution in [2.45, 2.75) is 13.8 Å². The normalized spacial score (nSPS) is 10.7. The molecule has 5 rings (SSSR count). The maximum atomic E-state index is 12.0. The van der Waals surface area contributed by atoms with Crippen LogP contribution < -0.4 is 5.73 Å². The SMILES string of the molecule is CCOC(=O)c1cc(N)n(-c2cccc(Br)c2)n1.CCOC(=O)c1nn(-c2cccc(Br)c2)c2ncncc12.O=P(Cl)(Cl)Cl. The van der Waals surface area contributed by atoms with E-state index in [9.17, 15) is 14.2 Å². The second kappa shape index (κ2) is 16.4. The molecule has 0 bridgehead atoms. The zero-order valence-electron chi connectivity index (χ0n) is 22.9. The number of carbonyl (C=O) groups is 2. The number of nitrogens with two attached hydrogens (primary N) is 1. The molecule has 0 aliphatic carbocycles. The molecule has 2 aromatic carbocycles. The molecule has 3 heterocycles. The molecule has 18 heteroatoms. The number of hydrogen-bond donors (Lipinski definition) is 1. The first-order chi connectivity index (χ1) is 20.8. The third-order valence-corrected chi connectivity index (χ3v) is 6.13. The molecule has 2 N–H and O–H groups in total. The maximum absolute atomic E-state index is 12.0. The van der Waals surface area contributed by atoms with Gasteiger partial charge in [0.15, 0.2) is 17.0 Å². The average Bonchev–Trinajstić information content (AvgIpc) is 3.54. The molecule has 44 heavy (non-hydrogen) atoms. The van der Waals surface area contributed by atoms with E-state index in [0.29, 0.717) is 23.5 Å². The highest BCUT2D eigenvalue weighted by atomic mass is 79.9. The quantitative estimate of drug-likeness (QED) is 0.132. The lowest BCUT2D eigenvalue weighted by atomic mass is 10.3. The van der Waals surface area contributed by atoms with Crippen LogP contribution in [-0.4, -0.2) is 54.7 Å². The lowest BCUT2D eigenvalue weighted by Crippen LogP contribution is -2.07. The molecular weight excluding hydrogens is 787 g/mol. The van der Waals surface area contributed by atoms with Crippen LogP contribution in [-0.2, 0) is 14.0 Å². The van der Waals surface area contributed by atoms with Gasteiger partial charge in [0.2, 0.25) is 0 Å². The summed E-state index contributed by atoms with van der Waals surface area (Å²) in [7, 11) is 0. The number of fused-ring (bicyclic) bond motifs is 1. The van der Waals surface area contributed by atoms with Crippen LogP contribution in [0.3, 0.4) is 0 Å². The number of nitrogens with zero attached hydrogens (tertiary/aromatic N) is 6. The van der Waals surface area contributed by atoms with Crippen molar-refractivity contribution < 1.29 is 23.6 Å².